The number of aromatic amines is 1. The van der Waals surface area contributed by atoms with Gasteiger partial charge in [-0.25, -0.2) is 0 Å². The van der Waals surface area contributed by atoms with E-state index in [9.17, 15) is 14.7 Å². The minimum atomic E-state index is -0.957. The van der Waals surface area contributed by atoms with Gasteiger partial charge in [-0.1, -0.05) is 68.5 Å². The number of hydrogen-bond donors (Lipinski definition) is 3. The minimum absolute atomic E-state index is 0.136. The molecule has 0 radical (unpaired) electrons. The first-order valence-corrected chi connectivity index (χ1v) is 9.35. The molecule has 0 amide bonds. The molecule has 1 saturated carbocycles. The summed E-state index contributed by atoms with van der Waals surface area (Å²) >= 11 is 0. The van der Waals surface area contributed by atoms with Crippen molar-refractivity contribution in [2.75, 3.05) is 0 Å². The summed E-state index contributed by atoms with van der Waals surface area (Å²) in [5.41, 5.74) is 2.07. The second-order valence-corrected chi connectivity index (χ2v) is 7.11. The van der Waals surface area contributed by atoms with Crippen molar-refractivity contribution in [2.24, 2.45) is 5.92 Å². The predicted octanol–water partition coefficient (Wildman–Crippen LogP) is 3.41. The van der Waals surface area contributed by atoms with Crippen LogP contribution in [-0.2, 0) is 17.8 Å². The second kappa shape index (κ2) is 8.81. The van der Waals surface area contributed by atoms with Crippen molar-refractivity contribution in [3.63, 3.8) is 0 Å². The van der Waals surface area contributed by atoms with Crippen LogP contribution in [0.1, 0.15) is 55.0 Å². The van der Waals surface area contributed by atoms with E-state index in [1.165, 1.54) is 32.1 Å². The molecule has 5 heteroatoms. The molecule has 1 aromatic carbocycles. The number of pyridine rings is 1. The molecular weight excluding hydrogens is 328 g/mol. The van der Waals surface area contributed by atoms with E-state index in [4.69, 9.17) is 0 Å². The van der Waals surface area contributed by atoms with Crippen LogP contribution >= 0.6 is 0 Å². The molecule has 1 fully saturated rings. The van der Waals surface area contributed by atoms with E-state index in [2.05, 4.69) is 10.3 Å². The lowest BCUT2D eigenvalue weighted by atomic mass is 9.86. The van der Waals surface area contributed by atoms with Gasteiger partial charge in [0, 0.05) is 17.8 Å². The van der Waals surface area contributed by atoms with E-state index >= 15 is 0 Å². The molecule has 0 aliphatic heterocycles. The maximum Gasteiger partial charge on any atom is 0.325 e. The molecule has 3 N–H and O–H groups in total. The number of carboxylic acids is 1. The largest absolute Gasteiger partial charge is 0.480 e. The van der Waals surface area contributed by atoms with E-state index in [0.29, 0.717) is 17.0 Å². The number of aliphatic carboxylic acids is 1. The van der Waals surface area contributed by atoms with Gasteiger partial charge in [0.05, 0.1) is 0 Å². The van der Waals surface area contributed by atoms with Crippen LogP contribution < -0.4 is 10.9 Å². The van der Waals surface area contributed by atoms with E-state index in [0.717, 1.165) is 12.1 Å². The average Bonchev–Trinajstić information content (AvgIpc) is 2.65. The van der Waals surface area contributed by atoms with Gasteiger partial charge < -0.3 is 10.1 Å². The minimum Gasteiger partial charge on any atom is -0.480 e. The van der Waals surface area contributed by atoms with Crippen molar-refractivity contribution in [3.8, 4) is 0 Å². The fourth-order valence-corrected chi connectivity index (χ4v) is 3.71. The van der Waals surface area contributed by atoms with Gasteiger partial charge in [0.15, 0.2) is 0 Å². The van der Waals surface area contributed by atoms with Crippen LogP contribution in [0.4, 0.5) is 0 Å². The maximum atomic E-state index is 12.4. The molecule has 1 aliphatic carbocycles. The maximum absolute atomic E-state index is 12.4. The van der Waals surface area contributed by atoms with Gasteiger partial charge in [0.1, 0.15) is 6.04 Å². The van der Waals surface area contributed by atoms with Crippen LogP contribution in [0.5, 0.6) is 0 Å². The molecule has 1 aliphatic rings. The topological polar surface area (TPSA) is 82.2 Å². The van der Waals surface area contributed by atoms with Gasteiger partial charge in [0.2, 0.25) is 0 Å². The lowest BCUT2D eigenvalue weighted by molar-refractivity contribution is -0.139. The predicted molar refractivity (Wildman–Crippen MR) is 101 cm³/mol. The zero-order chi connectivity index (χ0) is 18.4. The fraction of sp³-hybridized carbons (Fsp3) is 0.429. The molecule has 1 heterocycles. The molecule has 138 valence electrons. The molecule has 0 saturated heterocycles. The molecule has 1 atom stereocenters. The van der Waals surface area contributed by atoms with Crippen LogP contribution in [0, 0.1) is 5.92 Å². The summed E-state index contributed by atoms with van der Waals surface area (Å²) in [5, 5.41) is 12.4. The summed E-state index contributed by atoms with van der Waals surface area (Å²) in [6, 6.07) is 11.9. The van der Waals surface area contributed by atoms with Crippen LogP contribution in [0.2, 0.25) is 0 Å². The summed E-state index contributed by atoms with van der Waals surface area (Å²) < 4.78 is 0. The van der Waals surface area contributed by atoms with Gasteiger partial charge in [-0.3, -0.25) is 14.9 Å². The third kappa shape index (κ3) is 4.82. The van der Waals surface area contributed by atoms with E-state index < -0.39 is 12.0 Å². The molecule has 0 bridgehead atoms. The Morgan fingerprint density at radius 2 is 1.85 bits per heavy atom. The normalized spacial score (nSPS) is 16.3. The van der Waals surface area contributed by atoms with Gasteiger partial charge >= 0.3 is 5.97 Å². The van der Waals surface area contributed by atoms with Crippen molar-refractivity contribution in [2.45, 2.75) is 51.1 Å². The molecule has 3 rings (SSSR count). The number of H-pyrrole nitrogens is 1. The van der Waals surface area contributed by atoms with Crippen LogP contribution in [0.3, 0.4) is 0 Å². The van der Waals surface area contributed by atoms with Crippen molar-refractivity contribution < 1.29 is 9.90 Å². The zero-order valence-corrected chi connectivity index (χ0v) is 14.9. The Balaban J connectivity index is 1.64. The molecule has 0 spiro atoms. The Hall–Kier alpha value is -2.40. The highest BCUT2D eigenvalue weighted by Gasteiger charge is 2.19. The number of benzene rings is 1. The number of nitrogens with one attached hydrogen (secondary N) is 2. The lowest BCUT2D eigenvalue weighted by Crippen LogP contribution is -2.30. The zero-order valence-electron chi connectivity index (χ0n) is 14.9. The summed E-state index contributed by atoms with van der Waals surface area (Å²) in [6.07, 6.45) is 7.29. The Morgan fingerprint density at radius 1 is 1.12 bits per heavy atom. The van der Waals surface area contributed by atoms with Gasteiger partial charge in [-0.2, -0.15) is 0 Å². The number of carboxylic acid groups (broad SMARTS) is 1. The van der Waals surface area contributed by atoms with E-state index in [1.807, 2.05) is 18.2 Å². The molecule has 0 unspecified atom stereocenters. The SMILES string of the molecule is O=C(O)[C@H](NCc1ccc(CC2CCCCC2)[nH]c1=O)c1ccccc1. The molecule has 1 aromatic heterocycles. The number of rotatable bonds is 7. The molecule has 5 nitrogen and oxygen atoms in total. The number of hydrogen-bond acceptors (Lipinski definition) is 3. The summed E-state index contributed by atoms with van der Waals surface area (Å²) in [7, 11) is 0. The molecule has 26 heavy (non-hydrogen) atoms. The van der Waals surface area contributed by atoms with Crippen LogP contribution in [-0.4, -0.2) is 16.1 Å². The highest BCUT2D eigenvalue weighted by molar-refractivity contribution is 5.75. The Bertz CT molecular complexity index is 779. The van der Waals surface area contributed by atoms with Crippen molar-refractivity contribution in [3.05, 3.63) is 69.6 Å². The summed E-state index contributed by atoms with van der Waals surface area (Å²) in [4.78, 5) is 26.9. The second-order valence-electron chi connectivity index (χ2n) is 7.11. The number of carbonyl (C=O) groups is 1. The van der Waals surface area contributed by atoms with Gasteiger partial charge in [-0.15, -0.1) is 0 Å². The van der Waals surface area contributed by atoms with Crippen LogP contribution in [0.15, 0.2) is 47.3 Å². The standard InChI is InChI=1S/C21H26N2O3/c24-20-17(11-12-18(23-20)13-15-7-3-1-4-8-15)14-22-19(21(25)26)16-9-5-2-6-10-16/h2,5-6,9-12,15,19,22H,1,3-4,7-8,13-14H2,(H,23,24)(H,25,26)/t19-/m1/s1. The summed E-state index contributed by atoms with van der Waals surface area (Å²) in [6.45, 7) is 0.213. The highest BCUT2D eigenvalue weighted by atomic mass is 16.4. The lowest BCUT2D eigenvalue weighted by Gasteiger charge is -2.21. The van der Waals surface area contributed by atoms with Crippen LogP contribution in [0.25, 0.3) is 0 Å². The fourth-order valence-electron chi connectivity index (χ4n) is 3.71. The quantitative estimate of drug-likeness (QED) is 0.712. The van der Waals surface area contributed by atoms with Gasteiger partial charge in [0.25, 0.3) is 5.56 Å². The highest BCUT2D eigenvalue weighted by Crippen LogP contribution is 2.26. The summed E-state index contributed by atoms with van der Waals surface area (Å²) in [5.74, 6) is -0.292. The van der Waals surface area contributed by atoms with Crippen molar-refractivity contribution in [1.29, 1.82) is 0 Å². The Morgan fingerprint density at radius 3 is 2.50 bits per heavy atom. The first-order valence-electron chi connectivity index (χ1n) is 9.35. The van der Waals surface area contributed by atoms with Crippen molar-refractivity contribution >= 4 is 5.97 Å². The smallest absolute Gasteiger partial charge is 0.325 e. The first-order chi connectivity index (χ1) is 12.6. The molecule has 2 aromatic rings. The third-order valence-electron chi connectivity index (χ3n) is 5.16. The van der Waals surface area contributed by atoms with Gasteiger partial charge in [-0.05, 0) is 24.0 Å². The van der Waals surface area contributed by atoms with Crippen molar-refractivity contribution in [1.82, 2.24) is 10.3 Å². The number of aromatic nitrogens is 1. The monoisotopic (exact) mass is 354 g/mol. The average molecular weight is 354 g/mol. The third-order valence-corrected chi connectivity index (χ3v) is 5.16. The first kappa shape index (κ1) is 18.4. The molecular formula is C21H26N2O3. The van der Waals surface area contributed by atoms with E-state index in [-0.39, 0.29) is 12.1 Å². The Labute approximate surface area is 153 Å². The Kier molecular flexibility index (Phi) is 6.23. The van der Waals surface area contributed by atoms with E-state index in [1.54, 1.807) is 24.3 Å².